The van der Waals surface area contributed by atoms with Crippen molar-refractivity contribution in [2.45, 2.75) is 13.2 Å². The SMILES string of the molecule is NCn1cc(CN2CCN(c3nccnc3-c3ccc(F)cc3)CC2)cn1. The van der Waals surface area contributed by atoms with Crippen LogP contribution in [0.15, 0.2) is 49.1 Å². The molecule has 2 N–H and O–H groups in total. The van der Waals surface area contributed by atoms with Crippen molar-refractivity contribution in [1.82, 2.24) is 24.6 Å². The number of nitrogens with zero attached hydrogens (tertiary/aromatic N) is 6. The Bertz CT molecular complexity index is 885. The Kier molecular flexibility index (Phi) is 5.08. The number of anilines is 1. The highest BCUT2D eigenvalue weighted by Crippen LogP contribution is 2.27. The van der Waals surface area contributed by atoms with Gasteiger partial charge in [-0.3, -0.25) is 14.6 Å². The number of hydrogen-bond donors (Lipinski definition) is 1. The van der Waals surface area contributed by atoms with E-state index < -0.39 is 0 Å². The molecule has 7 nitrogen and oxygen atoms in total. The van der Waals surface area contributed by atoms with E-state index in [0.29, 0.717) is 6.67 Å². The van der Waals surface area contributed by atoms with Crippen LogP contribution in [0.2, 0.25) is 0 Å². The third kappa shape index (κ3) is 3.96. The molecule has 27 heavy (non-hydrogen) atoms. The zero-order valence-electron chi connectivity index (χ0n) is 15.0. The van der Waals surface area contributed by atoms with E-state index in [0.717, 1.165) is 49.8 Å². The Balaban J connectivity index is 1.44. The average molecular weight is 367 g/mol. The molecule has 0 spiro atoms. The lowest BCUT2D eigenvalue weighted by Crippen LogP contribution is -2.46. The fraction of sp³-hybridized carbons (Fsp3) is 0.316. The van der Waals surface area contributed by atoms with Crippen molar-refractivity contribution in [1.29, 1.82) is 0 Å². The second kappa shape index (κ2) is 7.81. The first-order valence-electron chi connectivity index (χ1n) is 8.98. The van der Waals surface area contributed by atoms with Crippen LogP contribution in [-0.2, 0) is 13.2 Å². The van der Waals surface area contributed by atoms with Crippen LogP contribution in [-0.4, -0.2) is 50.8 Å². The molecular formula is C19H22FN7. The number of halogens is 1. The van der Waals surface area contributed by atoms with E-state index >= 15 is 0 Å². The molecule has 1 aromatic carbocycles. The van der Waals surface area contributed by atoms with Gasteiger partial charge in [0.2, 0.25) is 0 Å². The number of hydrogen-bond acceptors (Lipinski definition) is 6. The van der Waals surface area contributed by atoms with Crippen molar-refractivity contribution < 1.29 is 4.39 Å². The molecule has 4 rings (SSSR count). The maximum Gasteiger partial charge on any atom is 0.155 e. The van der Waals surface area contributed by atoms with Crippen LogP contribution in [0.1, 0.15) is 5.56 Å². The Morgan fingerprint density at radius 2 is 1.74 bits per heavy atom. The van der Waals surface area contributed by atoms with E-state index in [1.165, 1.54) is 17.7 Å². The van der Waals surface area contributed by atoms with Crippen LogP contribution in [0.3, 0.4) is 0 Å². The van der Waals surface area contributed by atoms with E-state index in [1.807, 2.05) is 12.4 Å². The molecule has 3 heterocycles. The topological polar surface area (TPSA) is 76.1 Å². The van der Waals surface area contributed by atoms with E-state index in [2.05, 4.69) is 24.9 Å². The zero-order chi connectivity index (χ0) is 18.6. The molecule has 1 aliphatic heterocycles. The lowest BCUT2D eigenvalue weighted by molar-refractivity contribution is 0.249. The Morgan fingerprint density at radius 1 is 1.00 bits per heavy atom. The number of rotatable bonds is 5. The minimum atomic E-state index is -0.254. The fourth-order valence-corrected chi connectivity index (χ4v) is 3.34. The van der Waals surface area contributed by atoms with Crippen molar-refractivity contribution >= 4 is 5.82 Å². The van der Waals surface area contributed by atoms with Crippen LogP contribution in [0, 0.1) is 5.82 Å². The van der Waals surface area contributed by atoms with E-state index in [4.69, 9.17) is 5.73 Å². The lowest BCUT2D eigenvalue weighted by atomic mass is 10.1. The van der Waals surface area contributed by atoms with Gasteiger partial charge in [0.05, 0.1) is 12.9 Å². The molecule has 0 aliphatic carbocycles. The number of benzene rings is 1. The first-order valence-corrected chi connectivity index (χ1v) is 8.98. The highest BCUT2D eigenvalue weighted by Gasteiger charge is 2.21. The van der Waals surface area contributed by atoms with Crippen molar-refractivity contribution in [2.75, 3.05) is 31.1 Å². The molecule has 2 aromatic heterocycles. The molecule has 0 amide bonds. The third-order valence-electron chi connectivity index (χ3n) is 4.75. The molecule has 3 aromatic rings. The summed E-state index contributed by atoms with van der Waals surface area (Å²) in [5.74, 6) is 0.593. The Hall–Kier alpha value is -2.84. The standard InChI is InChI=1S/C19H22FN7/c20-17-3-1-16(2-4-17)18-19(23-6-5-22-18)26-9-7-25(8-10-26)12-15-11-24-27(13-15)14-21/h1-6,11,13H,7-10,12,14,21H2. The Morgan fingerprint density at radius 3 is 2.44 bits per heavy atom. The minimum Gasteiger partial charge on any atom is -0.352 e. The van der Waals surface area contributed by atoms with Gasteiger partial charge in [0.15, 0.2) is 5.82 Å². The summed E-state index contributed by atoms with van der Waals surface area (Å²) in [6.45, 7) is 4.82. The third-order valence-corrected chi connectivity index (χ3v) is 4.75. The largest absolute Gasteiger partial charge is 0.352 e. The summed E-state index contributed by atoms with van der Waals surface area (Å²) in [5.41, 5.74) is 8.42. The molecule has 0 unspecified atom stereocenters. The van der Waals surface area contributed by atoms with Crippen molar-refractivity contribution in [3.8, 4) is 11.3 Å². The minimum absolute atomic E-state index is 0.254. The molecule has 1 fully saturated rings. The predicted molar refractivity (Wildman–Crippen MR) is 101 cm³/mol. The van der Waals surface area contributed by atoms with E-state index in [-0.39, 0.29) is 5.82 Å². The molecule has 0 radical (unpaired) electrons. The second-order valence-electron chi connectivity index (χ2n) is 6.57. The first kappa shape index (κ1) is 17.6. The summed E-state index contributed by atoms with van der Waals surface area (Å²) in [6, 6.07) is 6.39. The van der Waals surface area contributed by atoms with Crippen LogP contribution in [0.4, 0.5) is 10.2 Å². The summed E-state index contributed by atoms with van der Waals surface area (Å²) >= 11 is 0. The average Bonchev–Trinajstić information content (AvgIpc) is 3.17. The van der Waals surface area contributed by atoms with Crippen molar-refractivity contribution in [3.63, 3.8) is 0 Å². The van der Waals surface area contributed by atoms with Crippen LogP contribution < -0.4 is 10.6 Å². The maximum absolute atomic E-state index is 13.2. The molecular weight excluding hydrogens is 345 g/mol. The van der Waals surface area contributed by atoms with Gasteiger partial charge in [-0.15, -0.1) is 0 Å². The molecule has 1 aliphatic rings. The molecule has 1 saturated heterocycles. The quantitative estimate of drug-likeness (QED) is 0.740. The van der Waals surface area contributed by atoms with Gasteiger partial charge in [0.1, 0.15) is 11.5 Å². The second-order valence-corrected chi connectivity index (χ2v) is 6.57. The number of piperazine rings is 1. The summed E-state index contributed by atoms with van der Waals surface area (Å²) in [4.78, 5) is 13.7. The van der Waals surface area contributed by atoms with Gasteiger partial charge < -0.3 is 10.6 Å². The summed E-state index contributed by atoms with van der Waals surface area (Å²) in [6.07, 6.45) is 7.24. The Labute approximate surface area is 157 Å². The molecule has 0 bridgehead atoms. The predicted octanol–water partition coefficient (Wildman–Crippen LogP) is 1.72. The molecule has 140 valence electrons. The first-order chi connectivity index (χ1) is 13.2. The molecule has 8 heteroatoms. The maximum atomic E-state index is 13.2. The van der Waals surface area contributed by atoms with Gasteiger partial charge in [-0.05, 0) is 24.3 Å². The van der Waals surface area contributed by atoms with Gasteiger partial charge >= 0.3 is 0 Å². The van der Waals surface area contributed by atoms with Gasteiger partial charge in [-0.25, -0.2) is 9.37 Å². The number of aromatic nitrogens is 4. The highest BCUT2D eigenvalue weighted by molar-refractivity contribution is 5.72. The molecule has 0 atom stereocenters. The normalized spacial score (nSPS) is 15.3. The van der Waals surface area contributed by atoms with Crippen LogP contribution in [0.25, 0.3) is 11.3 Å². The smallest absolute Gasteiger partial charge is 0.155 e. The summed E-state index contributed by atoms with van der Waals surface area (Å²) in [5, 5.41) is 4.22. The van der Waals surface area contributed by atoms with Gasteiger partial charge in [-0.2, -0.15) is 5.10 Å². The van der Waals surface area contributed by atoms with Crippen molar-refractivity contribution in [3.05, 3.63) is 60.4 Å². The zero-order valence-corrected chi connectivity index (χ0v) is 15.0. The van der Waals surface area contributed by atoms with Crippen molar-refractivity contribution in [2.24, 2.45) is 5.73 Å². The fourth-order valence-electron chi connectivity index (χ4n) is 3.34. The highest BCUT2D eigenvalue weighted by atomic mass is 19.1. The monoisotopic (exact) mass is 367 g/mol. The molecule has 0 saturated carbocycles. The van der Waals surface area contributed by atoms with Gasteiger partial charge in [-0.1, -0.05) is 0 Å². The summed E-state index contributed by atoms with van der Waals surface area (Å²) in [7, 11) is 0. The van der Waals surface area contributed by atoms with Crippen LogP contribution in [0.5, 0.6) is 0 Å². The number of nitrogens with two attached hydrogens (primary N) is 1. The summed E-state index contributed by atoms with van der Waals surface area (Å²) < 4.78 is 15.0. The lowest BCUT2D eigenvalue weighted by Gasteiger charge is -2.35. The van der Waals surface area contributed by atoms with E-state index in [9.17, 15) is 4.39 Å². The van der Waals surface area contributed by atoms with E-state index in [1.54, 1.807) is 29.2 Å². The van der Waals surface area contributed by atoms with Crippen LogP contribution >= 0.6 is 0 Å². The van der Waals surface area contributed by atoms with Gasteiger partial charge in [0.25, 0.3) is 0 Å². The van der Waals surface area contributed by atoms with Gasteiger partial charge in [0, 0.05) is 62.4 Å².